The maximum Gasteiger partial charge on any atom is 0.412 e. The third kappa shape index (κ3) is 6.65. The van der Waals surface area contributed by atoms with E-state index in [-0.39, 0.29) is 18.4 Å². The van der Waals surface area contributed by atoms with Gasteiger partial charge in [0.05, 0.1) is 17.8 Å². The van der Waals surface area contributed by atoms with E-state index >= 15 is 0 Å². The fraction of sp³-hybridized carbons (Fsp3) is 0.750. The molecule has 3 heterocycles. The highest BCUT2D eigenvalue weighted by Gasteiger charge is 2.36. The smallest absolute Gasteiger partial charge is 0.412 e. The summed E-state index contributed by atoms with van der Waals surface area (Å²) in [5.74, 6) is 1.04. The van der Waals surface area contributed by atoms with Gasteiger partial charge in [0.15, 0.2) is 0 Å². The second-order valence-electron chi connectivity index (χ2n) is 9.90. The van der Waals surface area contributed by atoms with Crippen LogP contribution in [0.1, 0.15) is 65.7 Å². The molecule has 3 rings (SSSR count). The van der Waals surface area contributed by atoms with Gasteiger partial charge in [-0.1, -0.05) is 18.5 Å². The van der Waals surface area contributed by atoms with Gasteiger partial charge in [-0.3, -0.25) is 10.3 Å². The Morgan fingerprint density at radius 2 is 2.15 bits per heavy atom. The molecule has 1 amide bonds. The Labute approximate surface area is 208 Å². The van der Waals surface area contributed by atoms with Crippen molar-refractivity contribution in [2.75, 3.05) is 39.9 Å². The van der Waals surface area contributed by atoms with Crippen LogP contribution in [0.5, 0.6) is 0 Å². The number of hydrogen-bond donors (Lipinski definition) is 1. The van der Waals surface area contributed by atoms with Crippen LogP contribution in [-0.2, 0) is 14.2 Å². The molecule has 1 fully saturated rings. The summed E-state index contributed by atoms with van der Waals surface area (Å²) in [6, 6.07) is 0. The van der Waals surface area contributed by atoms with Crippen molar-refractivity contribution in [1.29, 1.82) is 0 Å². The van der Waals surface area contributed by atoms with Crippen LogP contribution < -0.4 is 5.43 Å². The molecule has 1 aromatic heterocycles. The number of carbonyl (C=O) groups excluding carboxylic acids is 1. The highest BCUT2D eigenvalue weighted by Crippen LogP contribution is 2.37. The molecule has 1 N–H and O–H groups in total. The van der Waals surface area contributed by atoms with Crippen LogP contribution in [0.2, 0.25) is 5.02 Å². The molecular weight excluding hydrogens is 458 g/mol. The summed E-state index contributed by atoms with van der Waals surface area (Å²) in [6.45, 7) is 13.3. The first-order valence-electron chi connectivity index (χ1n) is 12.2. The van der Waals surface area contributed by atoms with E-state index in [1.54, 1.807) is 15.8 Å². The molecule has 0 radical (unpaired) electrons. The maximum atomic E-state index is 13.3. The van der Waals surface area contributed by atoms with Crippen LogP contribution in [0, 0.1) is 5.92 Å². The average molecular weight is 498 g/mol. The van der Waals surface area contributed by atoms with Gasteiger partial charge in [0.2, 0.25) is 0 Å². The Morgan fingerprint density at radius 3 is 2.76 bits per heavy atom. The number of rotatable bonds is 10. The molecule has 34 heavy (non-hydrogen) atoms. The van der Waals surface area contributed by atoms with E-state index in [4.69, 9.17) is 25.8 Å². The van der Waals surface area contributed by atoms with Crippen LogP contribution in [0.4, 0.5) is 4.79 Å². The Kier molecular flexibility index (Phi) is 9.26. The third-order valence-electron chi connectivity index (χ3n) is 6.13. The van der Waals surface area contributed by atoms with Crippen molar-refractivity contribution >= 4 is 23.5 Å². The summed E-state index contributed by atoms with van der Waals surface area (Å²) in [4.78, 5) is 15.0. The van der Waals surface area contributed by atoms with Gasteiger partial charge in [0.1, 0.15) is 29.3 Å². The molecule has 0 saturated carbocycles. The number of halogens is 1. The molecule has 0 aliphatic carbocycles. The van der Waals surface area contributed by atoms with Crippen molar-refractivity contribution in [2.45, 2.75) is 71.8 Å². The molecule has 10 heteroatoms. The standard InChI is InChI=1S/C24H40ClN5O4/c1-7-11-28(26-6)12-13-29(23(31)34-24(3,4)5)21-9-8-20(22-19(25)15-27-30(21)22)33-17(2)18-10-14-32-16-18/h8,15,17-18,21,26H,7,9-14,16H2,1-6H3. The number of fused-ring (bicyclic) bond motifs is 1. The zero-order valence-corrected chi connectivity index (χ0v) is 22.1. The second kappa shape index (κ2) is 11.7. The molecule has 3 atom stereocenters. The van der Waals surface area contributed by atoms with Gasteiger partial charge in [0.25, 0.3) is 0 Å². The number of ether oxygens (including phenoxy) is 3. The lowest BCUT2D eigenvalue weighted by Crippen LogP contribution is -2.48. The lowest BCUT2D eigenvalue weighted by atomic mass is 10.0. The average Bonchev–Trinajstić information content (AvgIpc) is 3.43. The van der Waals surface area contributed by atoms with E-state index in [2.05, 4.69) is 29.4 Å². The quantitative estimate of drug-likeness (QED) is 0.482. The van der Waals surface area contributed by atoms with E-state index in [1.807, 2.05) is 33.9 Å². The number of amides is 1. The van der Waals surface area contributed by atoms with Crippen LogP contribution >= 0.6 is 11.6 Å². The first-order chi connectivity index (χ1) is 16.1. The van der Waals surface area contributed by atoms with E-state index < -0.39 is 5.60 Å². The Bertz CT molecular complexity index is 847. The number of hydrazine groups is 1. The molecule has 0 bridgehead atoms. The fourth-order valence-corrected chi connectivity index (χ4v) is 4.53. The van der Waals surface area contributed by atoms with Crippen molar-refractivity contribution in [3.8, 4) is 0 Å². The first kappa shape index (κ1) is 26.8. The van der Waals surface area contributed by atoms with E-state index in [9.17, 15) is 4.79 Å². The summed E-state index contributed by atoms with van der Waals surface area (Å²) >= 11 is 6.56. The van der Waals surface area contributed by atoms with Gasteiger partial charge in [-0.2, -0.15) is 5.10 Å². The molecule has 0 spiro atoms. The van der Waals surface area contributed by atoms with Gasteiger partial charge in [-0.25, -0.2) is 14.5 Å². The number of hydrogen-bond acceptors (Lipinski definition) is 7. The molecule has 1 saturated heterocycles. The Morgan fingerprint density at radius 1 is 1.38 bits per heavy atom. The van der Waals surface area contributed by atoms with Crippen molar-refractivity contribution in [3.05, 3.63) is 23.0 Å². The highest BCUT2D eigenvalue weighted by atomic mass is 35.5. The van der Waals surface area contributed by atoms with Gasteiger partial charge in [0, 0.05) is 38.6 Å². The maximum absolute atomic E-state index is 13.3. The minimum Gasteiger partial charge on any atom is -0.488 e. The molecule has 2 aliphatic heterocycles. The lowest BCUT2D eigenvalue weighted by molar-refractivity contribution is 0.000725. The number of nitrogens with one attached hydrogen (secondary N) is 1. The summed E-state index contributed by atoms with van der Waals surface area (Å²) in [5.41, 5.74) is 3.28. The van der Waals surface area contributed by atoms with Crippen molar-refractivity contribution in [2.24, 2.45) is 5.92 Å². The minimum absolute atomic E-state index is 0.00935. The topological polar surface area (TPSA) is 81.1 Å². The highest BCUT2D eigenvalue weighted by molar-refractivity contribution is 6.32. The van der Waals surface area contributed by atoms with Gasteiger partial charge >= 0.3 is 6.09 Å². The van der Waals surface area contributed by atoms with Crippen LogP contribution in [0.15, 0.2) is 12.3 Å². The predicted molar refractivity (Wildman–Crippen MR) is 132 cm³/mol. The summed E-state index contributed by atoms with van der Waals surface area (Å²) in [5, 5.41) is 7.12. The first-order valence-corrected chi connectivity index (χ1v) is 12.6. The van der Waals surface area contributed by atoms with Crippen molar-refractivity contribution in [1.82, 2.24) is 25.1 Å². The lowest BCUT2D eigenvalue weighted by Gasteiger charge is -2.37. The molecule has 0 aromatic carbocycles. The van der Waals surface area contributed by atoms with E-state index in [0.29, 0.717) is 48.5 Å². The number of nitrogens with zero attached hydrogens (tertiary/aromatic N) is 4. The molecule has 192 valence electrons. The summed E-state index contributed by atoms with van der Waals surface area (Å²) in [6.07, 6.45) is 5.40. The summed E-state index contributed by atoms with van der Waals surface area (Å²) in [7, 11) is 1.89. The van der Waals surface area contributed by atoms with E-state index in [0.717, 1.165) is 26.0 Å². The second-order valence-corrected chi connectivity index (χ2v) is 10.3. The molecule has 9 nitrogen and oxygen atoms in total. The largest absolute Gasteiger partial charge is 0.488 e. The van der Waals surface area contributed by atoms with Crippen LogP contribution in [0.25, 0.3) is 5.76 Å². The monoisotopic (exact) mass is 497 g/mol. The Balaban J connectivity index is 1.84. The molecule has 1 aromatic rings. The molecular formula is C24H40ClN5O4. The molecule has 2 aliphatic rings. The fourth-order valence-electron chi connectivity index (χ4n) is 4.31. The van der Waals surface area contributed by atoms with Crippen molar-refractivity contribution < 1.29 is 19.0 Å². The third-order valence-corrected chi connectivity index (χ3v) is 6.41. The van der Waals surface area contributed by atoms with Crippen molar-refractivity contribution in [3.63, 3.8) is 0 Å². The van der Waals surface area contributed by atoms with Gasteiger partial charge in [-0.15, -0.1) is 0 Å². The predicted octanol–water partition coefficient (Wildman–Crippen LogP) is 4.30. The van der Waals surface area contributed by atoms with Gasteiger partial charge in [-0.05, 0) is 53.7 Å². The minimum atomic E-state index is -0.608. The van der Waals surface area contributed by atoms with Gasteiger partial charge < -0.3 is 14.2 Å². The SMILES string of the molecule is CCCN(CCN(C(=O)OC(C)(C)C)C1CC=C(OC(C)C2CCOC2)c2c(Cl)cnn21)NC. The summed E-state index contributed by atoms with van der Waals surface area (Å²) < 4.78 is 19.4. The number of aromatic nitrogens is 2. The van der Waals surface area contributed by atoms with E-state index in [1.165, 1.54) is 0 Å². The zero-order chi connectivity index (χ0) is 24.9. The number of carbonyl (C=O) groups is 1. The molecule has 3 unspecified atom stereocenters. The zero-order valence-electron chi connectivity index (χ0n) is 21.3. The van der Waals surface area contributed by atoms with Crippen LogP contribution in [-0.4, -0.2) is 77.4 Å². The Hall–Kier alpha value is -1.81. The van der Waals surface area contributed by atoms with Crippen LogP contribution in [0.3, 0.4) is 0 Å². The normalized spacial score (nSPS) is 21.2.